The van der Waals surface area contributed by atoms with Crippen molar-refractivity contribution >= 4 is 17.8 Å². The fraction of sp³-hybridized carbons (Fsp3) is 0.640. The second-order valence-electron chi connectivity index (χ2n) is 11.0. The number of carbonyl (C=O) groups is 3. The van der Waals surface area contributed by atoms with E-state index in [2.05, 4.69) is 24.5 Å². The fourth-order valence-corrected chi connectivity index (χ4v) is 6.98. The van der Waals surface area contributed by atoms with E-state index < -0.39 is 11.6 Å². The molecule has 0 spiro atoms. The molecule has 5 aliphatic rings. The predicted molar refractivity (Wildman–Crippen MR) is 117 cm³/mol. The van der Waals surface area contributed by atoms with Crippen molar-refractivity contribution in [3.05, 3.63) is 35.4 Å². The second-order valence-corrected chi connectivity index (χ2v) is 11.0. The van der Waals surface area contributed by atoms with Crippen molar-refractivity contribution in [2.45, 2.75) is 76.3 Å². The average molecular weight is 424 g/mol. The average Bonchev–Trinajstić information content (AvgIpc) is 2.90. The number of nitrogens with zero attached hydrogens (tertiary/aromatic N) is 1. The van der Waals surface area contributed by atoms with E-state index in [-0.39, 0.29) is 23.9 Å². The van der Waals surface area contributed by atoms with Crippen molar-refractivity contribution in [1.82, 2.24) is 15.5 Å². The Labute approximate surface area is 184 Å². The zero-order valence-electron chi connectivity index (χ0n) is 18.7. The molecule has 4 amide bonds. The van der Waals surface area contributed by atoms with Crippen LogP contribution in [0, 0.1) is 17.8 Å². The van der Waals surface area contributed by atoms with E-state index in [0.29, 0.717) is 5.92 Å². The summed E-state index contributed by atoms with van der Waals surface area (Å²) in [6.45, 7) is 5.73. The van der Waals surface area contributed by atoms with E-state index in [1.54, 1.807) is 6.92 Å². The highest BCUT2D eigenvalue weighted by molar-refractivity contribution is 6.09. The van der Waals surface area contributed by atoms with Gasteiger partial charge in [0.25, 0.3) is 5.91 Å². The van der Waals surface area contributed by atoms with Crippen LogP contribution in [-0.2, 0) is 15.1 Å². The van der Waals surface area contributed by atoms with Crippen LogP contribution in [0.2, 0.25) is 0 Å². The molecule has 0 radical (unpaired) electrons. The maximum Gasteiger partial charge on any atom is 0.325 e. The SMILES string of the molecule is CC(C)c1ccc(C2(C)NC(=O)N(CC(=O)NC34CC5CC(CC(C5)C3)C4)C2=O)cc1. The Bertz CT molecular complexity index is 887. The molecule has 6 heteroatoms. The summed E-state index contributed by atoms with van der Waals surface area (Å²) in [5.74, 6) is 1.97. The third kappa shape index (κ3) is 3.44. The van der Waals surface area contributed by atoms with Crippen LogP contribution in [0.5, 0.6) is 0 Å². The Morgan fingerprint density at radius 2 is 1.61 bits per heavy atom. The molecule has 5 fully saturated rings. The van der Waals surface area contributed by atoms with Crippen molar-refractivity contribution in [2.24, 2.45) is 17.8 Å². The van der Waals surface area contributed by atoms with E-state index >= 15 is 0 Å². The smallest absolute Gasteiger partial charge is 0.325 e. The lowest BCUT2D eigenvalue weighted by atomic mass is 9.53. The summed E-state index contributed by atoms with van der Waals surface area (Å²) >= 11 is 0. The number of rotatable bonds is 5. The molecule has 4 bridgehead atoms. The first kappa shape index (κ1) is 20.5. The summed E-state index contributed by atoms with van der Waals surface area (Å²) in [5.41, 5.74) is 0.643. The monoisotopic (exact) mass is 423 g/mol. The predicted octanol–water partition coefficient (Wildman–Crippen LogP) is 3.66. The summed E-state index contributed by atoms with van der Waals surface area (Å²) in [6.07, 6.45) is 7.04. The number of hydrogen-bond donors (Lipinski definition) is 2. The van der Waals surface area contributed by atoms with Crippen LogP contribution in [0.3, 0.4) is 0 Å². The van der Waals surface area contributed by atoms with Crippen LogP contribution >= 0.6 is 0 Å². The molecule has 4 aliphatic carbocycles. The van der Waals surface area contributed by atoms with Gasteiger partial charge in [0.05, 0.1) is 0 Å². The largest absolute Gasteiger partial charge is 0.349 e. The molecular weight excluding hydrogens is 390 g/mol. The van der Waals surface area contributed by atoms with Gasteiger partial charge in [-0.05, 0) is 80.2 Å². The maximum absolute atomic E-state index is 13.2. The standard InChI is InChI=1S/C25H33N3O3/c1-15(2)19-4-6-20(7-5-19)24(3)22(30)28(23(31)27-24)14-21(29)26-25-11-16-8-17(12-25)10-18(9-16)13-25/h4-7,15-18H,8-14H2,1-3H3,(H,26,29)(H,27,31). The van der Waals surface area contributed by atoms with Crippen molar-refractivity contribution in [2.75, 3.05) is 6.54 Å². The quantitative estimate of drug-likeness (QED) is 0.710. The van der Waals surface area contributed by atoms with Gasteiger partial charge in [-0.3, -0.25) is 14.5 Å². The molecule has 1 saturated heterocycles. The molecule has 1 heterocycles. The lowest BCUT2D eigenvalue weighted by Crippen LogP contribution is -2.61. The molecule has 166 valence electrons. The van der Waals surface area contributed by atoms with Crippen molar-refractivity contribution < 1.29 is 14.4 Å². The van der Waals surface area contributed by atoms with Crippen LogP contribution < -0.4 is 10.6 Å². The Morgan fingerprint density at radius 1 is 1.06 bits per heavy atom. The highest BCUT2D eigenvalue weighted by Crippen LogP contribution is 2.55. The minimum atomic E-state index is -1.15. The van der Waals surface area contributed by atoms with Crippen LogP contribution in [0.1, 0.15) is 76.3 Å². The topological polar surface area (TPSA) is 78.5 Å². The molecule has 2 N–H and O–H groups in total. The third-order valence-corrected chi connectivity index (χ3v) is 8.17. The van der Waals surface area contributed by atoms with Gasteiger partial charge in [-0.15, -0.1) is 0 Å². The summed E-state index contributed by atoms with van der Waals surface area (Å²) in [4.78, 5) is 39.9. The van der Waals surface area contributed by atoms with Gasteiger partial charge in [0.15, 0.2) is 0 Å². The molecule has 31 heavy (non-hydrogen) atoms. The second kappa shape index (κ2) is 7.07. The molecule has 0 aromatic heterocycles. The van der Waals surface area contributed by atoms with Crippen molar-refractivity contribution in [3.8, 4) is 0 Å². The van der Waals surface area contributed by atoms with Crippen LogP contribution in [0.15, 0.2) is 24.3 Å². The van der Waals surface area contributed by atoms with Crippen LogP contribution in [0.4, 0.5) is 4.79 Å². The van der Waals surface area contributed by atoms with Gasteiger partial charge in [-0.1, -0.05) is 38.1 Å². The molecule has 1 aromatic carbocycles. The zero-order chi connectivity index (χ0) is 22.0. The van der Waals surface area contributed by atoms with Gasteiger partial charge >= 0.3 is 6.03 Å². The van der Waals surface area contributed by atoms with Gasteiger partial charge in [-0.25, -0.2) is 4.79 Å². The van der Waals surface area contributed by atoms with Crippen molar-refractivity contribution in [1.29, 1.82) is 0 Å². The number of nitrogens with one attached hydrogen (secondary N) is 2. The number of carbonyl (C=O) groups excluding carboxylic acids is 3. The number of benzene rings is 1. The number of imide groups is 1. The Balaban J connectivity index is 1.28. The third-order valence-electron chi connectivity index (χ3n) is 8.17. The molecule has 1 unspecified atom stereocenters. The first-order valence-electron chi connectivity index (χ1n) is 11.7. The van der Waals surface area contributed by atoms with E-state index in [4.69, 9.17) is 0 Å². The lowest BCUT2D eigenvalue weighted by molar-refractivity contribution is -0.136. The van der Waals surface area contributed by atoms with Gasteiger partial charge in [0.2, 0.25) is 5.91 Å². The van der Waals surface area contributed by atoms with Crippen LogP contribution in [0.25, 0.3) is 0 Å². The van der Waals surface area contributed by atoms with Crippen LogP contribution in [-0.4, -0.2) is 34.8 Å². The Hall–Kier alpha value is -2.37. The molecule has 4 saturated carbocycles. The van der Waals surface area contributed by atoms with Gasteiger partial charge < -0.3 is 10.6 Å². The summed E-state index contributed by atoms with van der Waals surface area (Å²) in [7, 11) is 0. The number of amides is 4. The van der Waals surface area contributed by atoms with Gasteiger partial charge in [0.1, 0.15) is 12.1 Å². The highest BCUT2D eigenvalue weighted by Gasteiger charge is 2.53. The minimum Gasteiger partial charge on any atom is -0.349 e. The zero-order valence-corrected chi connectivity index (χ0v) is 18.7. The Kier molecular flexibility index (Phi) is 4.68. The summed E-state index contributed by atoms with van der Waals surface area (Å²) in [6, 6.07) is 7.28. The van der Waals surface area contributed by atoms with Gasteiger partial charge in [-0.2, -0.15) is 0 Å². The molecule has 1 atom stereocenters. The van der Waals surface area contributed by atoms with E-state index in [1.807, 2.05) is 24.3 Å². The molecular formula is C25H33N3O3. The number of hydrogen-bond acceptors (Lipinski definition) is 3. The molecule has 6 nitrogen and oxygen atoms in total. The number of urea groups is 1. The first-order valence-corrected chi connectivity index (χ1v) is 11.7. The highest BCUT2D eigenvalue weighted by atomic mass is 16.2. The van der Waals surface area contributed by atoms with E-state index in [0.717, 1.165) is 47.5 Å². The molecule has 1 aromatic rings. The van der Waals surface area contributed by atoms with E-state index in [1.165, 1.54) is 24.8 Å². The lowest BCUT2D eigenvalue weighted by Gasteiger charge is -2.56. The molecule has 1 aliphatic heterocycles. The summed E-state index contributed by atoms with van der Waals surface area (Å²) in [5, 5.41) is 6.08. The normalized spacial score (nSPS) is 36.3. The maximum atomic E-state index is 13.2. The van der Waals surface area contributed by atoms with Gasteiger partial charge in [0, 0.05) is 5.54 Å². The minimum absolute atomic E-state index is 0.124. The van der Waals surface area contributed by atoms with Crippen molar-refractivity contribution in [3.63, 3.8) is 0 Å². The fourth-order valence-electron chi connectivity index (χ4n) is 6.98. The summed E-state index contributed by atoms with van der Waals surface area (Å²) < 4.78 is 0. The Morgan fingerprint density at radius 3 is 2.13 bits per heavy atom. The first-order chi connectivity index (χ1) is 14.7. The van der Waals surface area contributed by atoms with E-state index in [9.17, 15) is 14.4 Å². The molecule has 6 rings (SSSR count).